The van der Waals surface area contributed by atoms with E-state index < -0.39 is 12.1 Å². The topological polar surface area (TPSA) is 96.0 Å². The molecule has 0 radical (unpaired) electrons. The van der Waals surface area contributed by atoms with Crippen molar-refractivity contribution in [2.45, 2.75) is 26.3 Å². The Labute approximate surface area is 201 Å². The third kappa shape index (κ3) is 6.59. The lowest BCUT2D eigenvalue weighted by Gasteiger charge is -2.23. The van der Waals surface area contributed by atoms with E-state index in [-0.39, 0.29) is 11.8 Å². The summed E-state index contributed by atoms with van der Waals surface area (Å²) in [4.78, 5) is 25.4. The summed E-state index contributed by atoms with van der Waals surface area (Å²) >= 11 is 8.04. The Kier molecular flexibility index (Phi) is 8.16. The van der Waals surface area contributed by atoms with Gasteiger partial charge in [-0.25, -0.2) is 4.79 Å². The number of hydrogen-bond acceptors (Lipinski definition) is 5. The summed E-state index contributed by atoms with van der Waals surface area (Å²) in [6, 6.07) is 13.7. The molecule has 162 valence electrons. The molecular weight excluding hydrogens is 546 g/mol. The highest BCUT2D eigenvalue weighted by molar-refractivity contribution is 9.10. The maximum Gasteiger partial charge on any atom is 0.319 e. The predicted octanol–water partition coefficient (Wildman–Crippen LogP) is 5.91. The zero-order valence-corrected chi connectivity index (χ0v) is 20.8. The standard InChI is InChI=1S/C21H21Br2N5O2S/c1-3-12(2)17(25-20(30)24-16-10-8-15(23)9-11-16)18(29)26-21-28-27-19(31-21)13-4-6-14(22)7-5-13/h4-12,17H,3H2,1-2H3,(H2,24,25,30)(H,26,28,29). The molecule has 0 aliphatic rings. The fourth-order valence-electron chi connectivity index (χ4n) is 2.71. The van der Waals surface area contributed by atoms with Crippen molar-refractivity contribution in [3.8, 4) is 10.6 Å². The van der Waals surface area contributed by atoms with Gasteiger partial charge in [-0.2, -0.15) is 0 Å². The quantitative estimate of drug-likeness (QED) is 0.331. The van der Waals surface area contributed by atoms with Gasteiger partial charge in [-0.05, 0) is 42.3 Å². The van der Waals surface area contributed by atoms with Gasteiger partial charge in [-0.3, -0.25) is 10.1 Å². The second-order valence-corrected chi connectivity index (χ2v) is 9.69. The maximum atomic E-state index is 12.9. The van der Waals surface area contributed by atoms with Crippen LogP contribution in [0.15, 0.2) is 57.5 Å². The summed E-state index contributed by atoms with van der Waals surface area (Å²) in [5.74, 6) is -0.409. The summed E-state index contributed by atoms with van der Waals surface area (Å²) in [5, 5.41) is 17.6. The highest BCUT2D eigenvalue weighted by Gasteiger charge is 2.27. The summed E-state index contributed by atoms with van der Waals surface area (Å²) in [5.41, 5.74) is 1.54. The number of carbonyl (C=O) groups excluding carboxylic acids is 2. The van der Waals surface area contributed by atoms with Crippen molar-refractivity contribution >= 4 is 66.0 Å². The van der Waals surface area contributed by atoms with Crippen LogP contribution in [-0.4, -0.2) is 28.2 Å². The largest absolute Gasteiger partial charge is 0.326 e. The zero-order valence-electron chi connectivity index (χ0n) is 16.9. The molecule has 3 aromatic rings. The normalized spacial score (nSPS) is 12.6. The van der Waals surface area contributed by atoms with Crippen LogP contribution in [0.1, 0.15) is 20.3 Å². The number of nitrogens with zero attached hydrogens (tertiary/aromatic N) is 2. The van der Waals surface area contributed by atoms with Crippen LogP contribution in [0, 0.1) is 5.92 Å². The van der Waals surface area contributed by atoms with Gasteiger partial charge < -0.3 is 10.6 Å². The Balaban J connectivity index is 1.66. The summed E-state index contributed by atoms with van der Waals surface area (Å²) < 4.78 is 1.88. The number of aromatic nitrogens is 2. The van der Waals surface area contributed by atoms with Gasteiger partial charge >= 0.3 is 6.03 Å². The third-order valence-corrected chi connectivity index (χ3v) is 6.58. The molecule has 2 atom stereocenters. The van der Waals surface area contributed by atoms with Gasteiger partial charge in [0.25, 0.3) is 0 Å². The lowest BCUT2D eigenvalue weighted by molar-refractivity contribution is -0.119. The minimum atomic E-state index is -0.722. The van der Waals surface area contributed by atoms with Crippen molar-refractivity contribution in [3.05, 3.63) is 57.5 Å². The molecule has 0 spiro atoms. The maximum absolute atomic E-state index is 12.9. The van der Waals surface area contributed by atoms with E-state index in [9.17, 15) is 9.59 Å². The van der Waals surface area contributed by atoms with Gasteiger partial charge in [0.05, 0.1) is 0 Å². The molecular formula is C21H21Br2N5O2S. The van der Waals surface area contributed by atoms with Crippen LogP contribution in [0.5, 0.6) is 0 Å². The van der Waals surface area contributed by atoms with E-state index in [0.29, 0.717) is 15.8 Å². The van der Waals surface area contributed by atoms with Crippen molar-refractivity contribution in [3.63, 3.8) is 0 Å². The second-order valence-electron chi connectivity index (χ2n) is 6.88. The monoisotopic (exact) mass is 565 g/mol. The van der Waals surface area contributed by atoms with Gasteiger partial charge in [0.15, 0.2) is 0 Å². The first-order valence-corrected chi connectivity index (χ1v) is 12.0. The van der Waals surface area contributed by atoms with Gasteiger partial charge in [-0.1, -0.05) is 75.6 Å². The van der Waals surface area contributed by atoms with Gasteiger partial charge in [0.2, 0.25) is 11.0 Å². The first-order valence-electron chi connectivity index (χ1n) is 9.59. The Morgan fingerprint density at radius 2 is 1.58 bits per heavy atom. The molecule has 10 heteroatoms. The van der Waals surface area contributed by atoms with Crippen LogP contribution < -0.4 is 16.0 Å². The van der Waals surface area contributed by atoms with E-state index >= 15 is 0 Å². The zero-order chi connectivity index (χ0) is 22.4. The number of amides is 3. The smallest absolute Gasteiger partial charge is 0.319 e. The Bertz CT molecular complexity index is 1040. The molecule has 3 amide bonds. The number of rotatable bonds is 7. The summed E-state index contributed by atoms with van der Waals surface area (Å²) in [6.07, 6.45) is 0.719. The molecule has 1 aromatic heterocycles. The van der Waals surface area contributed by atoms with Crippen LogP contribution in [0.2, 0.25) is 0 Å². The SMILES string of the molecule is CCC(C)C(NC(=O)Nc1ccc(Br)cc1)C(=O)Nc1nnc(-c2ccc(Br)cc2)s1. The number of hydrogen-bond donors (Lipinski definition) is 3. The number of carbonyl (C=O) groups is 2. The summed E-state index contributed by atoms with van der Waals surface area (Å²) in [6.45, 7) is 3.88. The van der Waals surface area contributed by atoms with Gasteiger partial charge in [0.1, 0.15) is 11.0 Å². The minimum Gasteiger partial charge on any atom is -0.326 e. The molecule has 0 aliphatic carbocycles. The van der Waals surface area contributed by atoms with Crippen molar-refractivity contribution in [2.24, 2.45) is 5.92 Å². The minimum absolute atomic E-state index is 0.0745. The molecule has 0 fully saturated rings. The highest BCUT2D eigenvalue weighted by atomic mass is 79.9. The number of halogens is 2. The Morgan fingerprint density at radius 1 is 0.968 bits per heavy atom. The van der Waals surface area contributed by atoms with Crippen LogP contribution in [0.25, 0.3) is 10.6 Å². The Morgan fingerprint density at radius 3 is 2.19 bits per heavy atom. The van der Waals surface area contributed by atoms with Crippen molar-refractivity contribution < 1.29 is 9.59 Å². The first-order chi connectivity index (χ1) is 14.9. The van der Waals surface area contributed by atoms with E-state index in [0.717, 1.165) is 20.9 Å². The molecule has 2 aromatic carbocycles. The fraction of sp³-hybridized carbons (Fsp3) is 0.238. The Hall–Kier alpha value is -2.30. The predicted molar refractivity (Wildman–Crippen MR) is 131 cm³/mol. The van der Waals surface area contributed by atoms with Crippen molar-refractivity contribution in [1.82, 2.24) is 15.5 Å². The average molecular weight is 567 g/mol. The van der Waals surface area contributed by atoms with Gasteiger partial charge in [0, 0.05) is 20.2 Å². The molecule has 3 rings (SSSR count). The van der Waals surface area contributed by atoms with Crippen LogP contribution >= 0.6 is 43.2 Å². The third-order valence-electron chi connectivity index (χ3n) is 4.63. The van der Waals surface area contributed by atoms with E-state index in [1.54, 1.807) is 12.1 Å². The fourth-order valence-corrected chi connectivity index (χ4v) is 3.99. The average Bonchev–Trinajstić information content (AvgIpc) is 3.22. The molecule has 31 heavy (non-hydrogen) atoms. The molecule has 0 aliphatic heterocycles. The van der Waals surface area contributed by atoms with Gasteiger partial charge in [-0.15, -0.1) is 10.2 Å². The first kappa shape index (κ1) is 23.4. The number of anilines is 2. The molecule has 3 N–H and O–H groups in total. The van der Waals surface area contributed by atoms with Crippen molar-refractivity contribution in [1.29, 1.82) is 0 Å². The van der Waals surface area contributed by atoms with E-state index in [2.05, 4.69) is 58.0 Å². The summed E-state index contributed by atoms with van der Waals surface area (Å²) in [7, 11) is 0. The lowest BCUT2D eigenvalue weighted by atomic mass is 9.98. The lowest BCUT2D eigenvalue weighted by Crippen LogP contribution is -2.49. The molecule has 1 heterocycles. The van der Waals surface area contributed by atoms with E-state index in [1.165, 1.54) is 11.3 Å². The van der Waals surface area contributed by atoms with Crippen LogP contribution in [0.4, 0.5) is 15.6 Å². The molecule has 0 saturated heterocycles. The second kappa shape index (κ2) is 10.8. The van der Waals surface area contributed by atoms with Crippen molar-refractivity contribution in [2.75, 3.05) is 10.6 Å². The van der Waals surface area contributed by atoms with Crippen LogP contribution in [0.3, 0.4) is 0 Å². The van der Waals surface area contributed by atoms with E-state index in [4.69, 9.17) is 0 Å². The number of urea groups is 1. The molecule has 2 unspecified atom stereocenters. The number of nitrogens with one attached hydrogen (secondary N) is 3. The molecule has 0 saturated carbocycles. The highest BCUT2D eigenvalue weighted by Crippen LogP contribution is 2.27. The van der Waals surface area contributed by atoms with E-state index in [1.807, 2.05) is 50.2 Å². The van der Waals surface area contributed by atoms with Crippen LogP contribution in [-0.2, 0) is 4.79 Å². The molecule has 7 nitrogen and oxygen atoms in total. The number of benzene rings is 2. The molecule has 0 bridgehead atoms.